The van der Waals surface area contributed by atoms with Crippen LogP contribution in [0, 0.1) is 12.8 Å². The topological polar surface area (TPSA) is 20.3 Å². The number of aryl methyl sites for hydroxylation is 1. The van der Waals surface area contributed by atoms with E-state index in [2.05, 4.69) is 25.6 Å². The largest absolute Gasteiger partial charge is 0.338 e. The smallest absolute Gasteiger partial charge is 0.223 e. The third kappa shape index (κ3) is 2.16. The molecule has 0 aromatic heterocycles. The van der Waals surface area contributed by atoms with Crippen LogP contribution in [0.5, 0.6) is 0 Å². The van der Waals surface area contributed by atoms with Crippen molar-refractivity contribution in [3.05, 3.63) is 48.0 Å². The van der Waals surface area contributed by atoms with Crippen molar-refractivity contribution in [2.75, 3.05) is 6.54 Å². The van der Waals surface area contributed by atoms with Gasteiger partial charge < -0.3 is 4.90 Å². The van der Waals surface area contributed by atoms with Gasteiger partial charge in [-0.15, -0.1) is 6.58 Å². The second-order valence-electron chi connectivity index (χ2n) is 4.40. The average molecular weight is 215 g/mol. The summed E-state index contributed by atoms with van der Waals surface area (Å²) in [5.74, 6) is 0.574. The molecule has 1 saturated heterocycles. The Hall–Kier alpha value is -1.57. The lowest BCUT2D eigenvalue weighted by atomic mass is 10.1. The van der Waals surface area contributed by atoms with Gasteiger partial charge in [0.2, 0.25) is 5.91 Å². The molecule has 1 atom stereocenters. The molecule has 1 aromatic carbocycles. The van der Waals surface area contributed by atoms with Crippen molar-refractivity contribution in [2.45, 2.75) is 19.9 Å². The van der Waals surface area contributed by atoms with Crippen molar-refractivity contribution in [2.24, 2.45) is 5.92 Å². The third-order valence-corrected chi connectivity index (χ3v) is 3.20. The van der Waals surface area contributed by atoms with Crippen LogP contribution < -0.4 is 0 Å². The maximum atomic E-state index is 11.7. The summed E-state index contributed by atoms with van der Waals surface area (Å²) in [6.07, 6.45) is 2.51. The zero-order valence-corrected chi connectivity index (χ0v) is 9.65. The SMILES string of the molecule is C=CC1CC(=O)N(Cc2ccccc2C)C1. The fraction of sp³-hybridized carbons (Fsp3) is 0.357. The van der Waals surface area contributed by atoms with Crippen molar-refractivity contribution in [1.82, 2.24) is 4.90 Å². The van der Waals surface area contributed by atoms with Gasteiger partial charge in [0.1, 0.15) is 0 Å². The Kier molecular flexibility index (Phi) is 3.09. The summed E-state index contributed by atoms with van der Waals surface area (Å²) in [7, 11) is 0. The van der Waals surface area contributed by atoms with Crippen LogP contribution in [0.15, 0.2) is 36.9 Å². The molecule has 1 aromatic rings. The van der Waals surface area contributed by atoms with Crippen LogP contribution in [0.25, 0.3) is 0 Å². The first-order chi connectivity index (χ1) is 7.70. The Balaban J connectivity index is 2.08. The number of carbonyl (C=O) groups excluding carboxylic acids is 1. The number of amides is 1. The number of carbonyl (C=O) groups is 1. The second kappa shape index (κ2) is 4.52. The summed E-state index contributed by atoms with van der Waals surface area (Å²) in [5, 5.41) is 0. The number of rotatable bonds is 3. The first-order valence-electron chi connectivity index (χ1n) is 5.65. The molecule has 1 unspecified atom stereocenters. The number of likely N-dealkylation sites (tertiary alicyclic amines) is 1. The highest BCUT2D eigenvalue weighted by molar-refractivity contribution is 5.79. The maximum absolute atomic E-state index is 11.7. The molecule has 84 valence electrons. The molecule has 1 heterocycles. The summed E-state index contributed by atoms with van der Waals surface area (Å²) in [4.78, 5) is 13.7. The molecule has 0 N–H and O–H groups in total. The van der Waals surface area contributed by atoms with Gasteiger partial charge >= 0.3 is 0 Å². The van der Waals surface area contributed by atoms with Gasteiger partial charge in [-0.1, -0.05) is 30.3 Å². The van der Waals surface area contributed by atoms with Crippen molar-refractivity contribution in [3.8, 4) is 0 Å². The van der Waals surface area contributed by atoms with Gasteiger partial charge in [0.05, 0.1) is 0 Å². The maximum Gasteiger partial charge on any atom is 0.223 e. The van der Waals surface area contributed by atoms with Gasteiger partial charge in [-0.05, 0) is 18.1 Å². The van der Waals surface area contributed by atoms with E-state index in [-0.39, 0.29) is 5.91 Å². The minimum atomic E-state index is 0.244. The van der Waals surface area contributed by atoms with E-state index < -0.39 is 0 Å². The van der Waals surface area contributed by atoms with Crippen molar-refractivity contribution < 1.29 is 4.79 Å². The predicted octanol–water partition coefficient (Wildman–Crippen LogP) is 2.53. The number of hydrogen-bond donors (Lipinski definition) is 0. The third-order valence-electron chi connectivity index (χ3n) is 3.20. The molecule has 2 heteroatoms. The predicted molar refractivity (Wildman–Crippen MR) is 64.9 cm³/mol. The van der Waals surface area contributed by atoms with Crippen molar-refractivity contribution in [1.29, 1.82) is 0 Å². The zero-order valence-electron chi connectivity index (χ0n) is 9.65. The summed E-state index contributed by atoms with van der Waals surface area (Å²) >= 11 is 0. The van der Waals surface area contributed by atoms with E-state index in [0.29, 0.717) is 12.3 Å². The van der Waals surface area contributed by atoms with E-state index in [1.54, 1.807) is 0 Å². The fourth-order valence-corrected chi connectivity index (χ4v) is 2.11. The van der Waals surface area contributed by atoms with Crippen LogP contribution in [-0.2, 0) is 11.3 Å². The Morgan fingerprint density at radius 1 is 1.50 bits per heavy atom. The van der Waals surface area contributed by atoms with Crippen molar-refractivity contribution in [3.63, 3.8) is 0 Å². The van der Waals surface area contributed by atoms with Crippen molar-refractivity contribution >= 4 is 5.91 Å². The zero-order chi connectivity index (χ0) is 11.5. The Morgan fingerprint density at radius 2 is 2.25 bits per heavy atom. The molecule has 2 rings (SSSR count). The molecule has 0 radical (unpaired) electrons. The normalized spacial score (nSPS) is 20.2. The van der Waals surface area contributed by atoms with E-state index in [4.69, 9.17) is 0 Å². The first-order valence-corrected chi connectivity index (χ1v) is 5.65. The lowest BCUT2D eigenvalue weighted by molar-refractivity contribution is -0.128. The van der Waals surface area contributed by atoms with Crippen LogP contribution in [0.1, 0.15) is 17.5 Å². The Labute approximate surface area is 96.6 Å². The summed E-state index contributed by atoms with van der Waals surface area (Å²) in [5.41, 5.74) is 2.48. The van der Waals surface area contributed by atoms with Crippen LogP contribution in [0.4, 0.5) is 0 Å². The van der Waals surface area contributed by atoms with Gasteiger partial charge in [0, 0.05) is 25.4 Å². The minimum absolute atomic E-state index is 0.244. The summed E-state index contributed by atoms with van der Waals surface area (Å²) in [6, 6.07) is 8.22. The van der Waals surface area contributed by atoms with Gasteiger partial charge in [0.25, 0.3) is 0 Å². The van der Waals surface area contributed by atoms with Gasteiger partial charge in [0.15, 0.2) is 0 Å². The molecule has 0 spiro atoms. The van der Waals surface area contributed by atoms with Gasteiger partial charge in [-0.25, -0.2) is 0 Å². The van der Waals surface area contributed by atoms with Crippen LogP contribution in [0.3, 0.4) is 0 Å². The summed E-state index contributed by atoms with van der Waals surface area (Å²) < 4.78 is 0. The van der Waals surface area contributed by atoms with Gasteiger partial charge in [-0.3, -0.25) is 4.79 Å². The van der Waals surface area contributed by atoms with Crippen LogP contribution in [-0.4, -0.2) is 17.4 Å². The van der Waals surface area contributed by atoms with E-state index in [0.717, 1.165) is 13.1 Å². The van der Waals surface area contributed by atoms with E-state index in [1.165, 1.54) is 11.1 Å². The molecule has 1 fully saturated rings. The molecule has 2 nitrogen and oxygen atoms in total. The van der Waals surface area contributed by atoms with Crippen LogP contribution in [0.2, 0.25) is 0 Å². The second-order valence-corrected chi connectivity index (χ2v) is 4.40. The standard InChI is InChI=1S/C14H17NO/c1-3-12-8-14(16)15(9-12)10-13-7-5-4-6-11(13)2/h3-7,12H,1,8-10H2,2H3. The number of nitrogens with zero attached hydrogens (tertiary/aromatic N) is 1. The molecule has 0 aliphatic carbocycles. The highest BCUT2D eigenvalue weighted by Crippen LogP contribution is 2.21. The van der Waals surface area contributed by atoms with E-state index in [1.807, 2.05) is 23.1 Å². The quantitative estimate of drug-likeness (QED) is 0.709. The van der Waals surface area contributed by atoms with E-state index >= 15 is 0 Å². The van der Waals surface area contributed by atoms with Crippen LogP contribution >= 0.6 is 0 Å². The molecule has 0 bridgehead atoms. The molecule has 1 aliphatic rings. The highest BCUT2D eigenvalue weighted by Gasteiger charge is 2.27. The minimum Gasteiger partial charge on any atom is -0.338 e. The molecule has 1 amide bonds. The molecule has 1 aliphatic heterocycles. The number of benzene rings is 1. The lowest BCUT2D eigenvalue weighted by Crippen LogP contribution is -2.24. The molecule has 16 heavy (non-hydrogen) atoms. The van der Waals surface area contributed by atoms with E-state index in [9.17, 15) is 4.79 Å². The lowest BCUT2D eigenvalue weighted by Gasteiger charge is -2.17. The average Bonchev–Trinajstić information content (AvgIpc) is 2.63. The Bertz CT molecular complexity index is 411. The summed E-state index contributed by atoms with van der Waals surface area (Å²) in [6.45, 7) is 7.39. The Morgan fingerprint density at radius 3 is 2.88 bits per heavy atom. The molecular formula is C14H17NO. The van der Waals surface area contributed by atoms with Gasteiger partial charge in [-0.2, -0.15) is 0 Å². The number of hydrogen-bond acceptors (Lipinski definition) is 1. The molecule has 0 saturated carbocycles. The highest BCUT2D eigenvalue weighted by atomic mass is 16.2. The monoisotopic (exact) mass is 215 g/mol. The fourth-order valence-electron chi connectivity index (χ4n) is 2.11. The molecular weight excluding hydrogens is 198 g/mol. The first kappa shape index (κ1) is 10.9.